The molecule has 1 N–H and O–H groups in total. The van der Waals surface area contributed by atoms with E-state index in [0.717, 1.165) is 18.2 Å². The second kappa shape index (κ2) is 10.7. The van der Waals surface area contributed by atoms with Crippen molar-refractivity contribution in [1.82, 2.24) is 14.8 Å². The first-order chi connectivity index (χ1) is 15.3. The number of piperazine rings is 1. The fourth-order valence-electron chi connectivity index (χ4n) is 2.73. The minimum Gasteiger partial charge on any atom is -0.475 e. The molecule has 33 heavy (non-hydrogen) atoms. The molecule has 1 fully saturated rings. The fourth-order valence-corrected chi connectivity index (χ4v) is 3.66. The summed E-state index contributed by atoms with van der Waals surface area (Å²) in [6.07, 6.45) is -6.51. The van der Waals surface area contributed by atoms with Crippen LogP contribution in [0, 0.1) is 0 Å². The molecule has 0 radical (unpaired) electrons. The summed E-state index contributed by atoms with van der Waals surface area (Å²) in [5.41, 5.74) is 1.08. The van der Waals surface area contributed by atoms with Crippen LogP contribution < -0.4 is 0 Å². The van der Waals surface area contributed by atoms with Gasteiger partial charge in [0.25, 0.3) is 11.7 Å². The fraction of sp³-hybridized carbons (Fsp3) is 0.368. The highest BCUT2D eigenvalue weighted by Crippen LogP contribution is 2.27. The summed E-state index contributed by atoms with van der Waals surface area (Å²) in [6, 6.07) is 6.20. The number of alkyl halides is 6. The number of rotatable bonds is 4. The number of carbonyl (C=O) groups excluding carboxylic acids is 2. The molecular formula is C19H17F6N3O4S. The molecule has 0 saturated carbocycles. The molecule has 2 aromatic heterocycles. The zero-order valence-electron chi connectivity index (χ0n) is 16.7. The van der Waals surface area contributed by atoms with Crippen LogP contribution in [0.15, 0.2) is 36.7 Å². The van der Waals surface area contributed by atoms with Crippen molar-refractivity contribution < 1.29 is 45.8 Å². The Morgan fingerprint density at radius 3 is 2.00 bits per heavy atom. The Balaban J connectivity index is 0.000000479. The third kappa shape index (κ3) is 7.82. The number of halogens is 6. The van der Waals surface area contributed by atoms with Gasteiger partial charge in [0.15, 0.2) is 0 Å². The first-order valence-electron chi connectivity index (χ1n) is 9.21. The number of carboxylic acid groups (broad SMARTS) is 1. The van der Waals surface area contributed by atoms with Gasteiger partial charge >= 0.3 is 18.3 Å². The number of ketones is 1. The van der Waals surface area contributed by atoms with E-state index >= 15 is 0 Å². The third-order valence-corrected chi connectivity index (χ3v) is 5.40. The third-order valence-electron chi connectivity index (χ3n) is 4.33. The van der Waals surface area contributed by atoms with Crippen LogP contribution in [0.2, 0.25) is 0 Å². The molecule has 0 aromatic carbocycles. The van der Waals surface area contributed by atoms with Gasteiger partial charge in [-0.2, -0.15) is 26.3 Å². The maximum atomic E-state index is 12.5. The van der Waals surface area contributed by atoms with Gasteiger partial charge in [-0.3, -0.25) is 19.5 Å². The maximum absolute atomic E-state index is 12.5. The molecule has 3 rings (SSSR count). The Kier molecular flexibility index (Phi) is 8.55. The van der Waals surface area contributed by atoms with E-state index in [1.807, 2.05) is 12.1 Å². The maximum Gasteiger partial charge on any atom is 0.490 e. The van der Waals surface area contributed by atoms with Gasteiger partial charge in [0, 0.05) is 45.1 Å². The van der Waals surface area contributed by atoms with Crippen molar-refractivity contribution in [2.24, 2.45) is 0 Å². The summed E-state index contributed by atoms with van der Waals surface area (Å²) >= 11 is 0.590. The van der Waals surface area contributed by atoms with E-state index in [0.29, 0.717) is 37.5 Å². The van der Waals surface area contributed by atoms with Crippen molar-refractivity contribution in [2.75, 3.05) is 26.2 Å². The van der Waals surface area contributed by atoms with Crippen LogP contribution in [0.25, 0.3) is 0 Å². The second-order valence-corrected chi connectivity index (χ2v) is 7.81. The van der Waals surface area contributed by atoms with E-state index in [1.165, 1.54) is 6.07 Å². The lowest BCUT2D eigenvalue weighted by molar-refractivity contribution is -0.192. The highest BCUT2D eigenvalue weighted by Gasteiger charge is 2.40. The lowest BCUT2D eigenvalue weighted by Crippen LogP contribution is -2.48. The normalized spacial score (nSPS) is 14.9. The van der Waals surface area contributed by atoms with Crippen LogP contribution in [0.5, 0.6) is 0 Å². The van der Waals surface area contributed by atoms with Gasteiger partial charge in [0.2, 0.25) is 0 Å². The van der Waals surface area contributed by atoms with Crippen LogP contribution in [-0.2, 0) is 11.3 Å². The van der Waals surface area contributed by atoms with Crippen LogP contribution in [0.4, 0.5) is 26.3 Å². The average Bonchev–Trinajstić information content (AvgIpc) is 3.23. The molecule has 1 amide bonds. The molecule has 14 heteroatoms. The number of pyridine rings is 1. The van der Waals surface area contributed by atoms with Crippen molar-refractivity contribution in [2.45, 2.75) is 18.9 Å². The Hall–Kier alpha value is -3.00. The van der Waals surface area contributed by atoms with E-state index in [1.54, 1.807) is 17.3 Å². The first kappa shape index (κ1) is 26.3. The van der Waals surface area contributed by atoms with Gasteiger partial charge < -0.3 is 10.0 Å². The van der Waals surface area contributed by atoms with Crippen LogP contribution >= 0.6 is 11.3 Å². The Bertz CT molecular complexity index is 970. The molecule has 7 nitrogen and oxygen atoms in total. The summed E-state index contributed by atoms with van der Waals surface area (Å²) in [6.45, 7) is 3.04. The first-order valence-corrected chi connectivity index (χ1v) is 10.0. The van der Waals surface area contributed by atoms with Crippen molar-refractivity contribution >= 4 is 29.0 Å². The second-order valence-electron chi connectivity index (χ2n) is 6.72. The number of carboxylic acids is 1. The van der Waals surface area contributed by atoms with Gasteiger partial charge in [-0.05, 0) is 23.8 Å². The topological polar surface area (TPSA) is 90.8 Å². The van der Waals surface area contributed by atoms with Gasteiger partial charge in [0.1, 0.15) is 0 Å². The number of Topliss-reactive ketones (excluding diaryl/α,β-unsaturated/α-hetero) is 1. The van der Waals surface area contributed by atoms with Gasteiger partial charge in [-0.15, -0.1) is 11.3 Å². The molecule has 180 valence electrons. The molecule has 0 aliphatic carbocycles. The molecule has 2 aromatic rings. The SMILES string of the molecule is O=C(O)C(F)(F)F.O=C(c1ccc(C(=O)C(F)(F)F)s1)N1CCN(Cc2cccnc2)CC1. The molecular weight excluding hydrogens is 480 g/mol. The number of hydrogen-bond acceptors (Lipinski definition) is 6. The molecule has 1 aliphatic heterocycles. The smallest absolute Gasteiger partial charge is 0.475 e. The van der Waals surface area contributed by atoms with E-state index in [-0.39, 0.29) is 10.8 Å². The van der Waals surface area contributed by atoms with E-state index in [9.17, 15) is 35.9 Å². The van der Waals surface area contributed by atoms with Crippen molar-refractivity contribution in [1.29, 1.82) is 0 Å². The van der Waals surface area contributed by atoms with Crippen molar-refractivity contribution in [3.63, 3.8) is 0 Å². The highest BCUT2D eigenvalue weighted by molar-refractivity contribution is 7.16. The number of hydrogen-bond donors (Lipinski definition) is 1. The number of carbonyl (C=O) groups is 3. The van der Waals surface area contributed by atoms with E-state index in [2.05, 4.69) is 9.88 Å². The summed E-state index contributed by atoms with van der Waals surface area (Å²) in [5, 5.41) is 7.12. The number of aliphatic carboxylic acids is 1. The standard InChI is InChI=1S/C17H16F3N3O2S.C2HF3O2/c18-17(19,20)15(24)13-3-4-14(26-13)16(25)23-8-6-22(7-9-23)11-12-2-1-5-21-10-12;3-2(4,5)1(6)7/h1-5,10H,6-9,11H2;(H,6,7). The van der Waals surface area contributed by atoms with Crippen LogP contribution in [0.1, 0.15) is 24.9 Å². The van der Waals surface area contributed by atoms with Crippen LogP contribution in [0.3, 0.4) is 0 Å². The minimum atomic E-state index is -5.08. The van der Waals surface area contributed by atoms with Gasteiger partial charge in [-0.1, -0.05) is 6.07 Å². The largest absolute Gasteiger partial charge is 0.490 e. The quantitative estimate of drug-likeness (QED) is 0.514. The molecule has 1 saturated heterocycles. The Morgan fingerprint density at radius 1 is 0.939 bits per heavy atom. The van der Waals surface area contributed by atoms with Crippen molar-refractivity contribution in [3.05, 3.63) is 52.0 Å². The number of aromatic nitrogens is 1. The predicted molar refractivity (Wildman–Crippen MR) is 104 cm³/mol. The molecule has 0 atom stereocenters. The lowest BCUT2D eigenvalue weighted by atomic mass is 10.2. The van der Waals surface area contributed by atoms with E-state index in [4.69, 9.17) is 9.90 Å². The van der Waals surface area contributed by atoms with Crippen LogP contribution in [-0.4, -0.2) is 76.1 Å². The van der Waals surface area contributed by atoms with Gasteiger partial charge in [0.05, 0.1) is 9.75 Å². The number of thiophene rings is 1. The zero-order chi connectivity index (χ0) is 24.8. The summed E-state index contributed by atoms with van der Waals surface area (Å²) in [5.74, 6) is -5.01. The molecule has 0 spiro atoms. The minimum absolute atomic E-state index is 0.151. The summed E-state index contributed by atoms with van der Waals surface area (Å²) in [4.78, 5) is 40.2. The highest BCUT2D eigenvalue weighted by atomic mass is 32.1. The summed E-state index contributed by atoms with van der Waals surface area (Å²) < 4.78 is 69.2. The average molecular weight is 497 g/mol. The molecule has 0 bridgehead atoms. The van der Waals surface area contributed by atoms with Crippen molar-refractivity contribution in [3.8, 4) is 0 Å². The lowest BCUT2D eigenvalue weighted by Gasteiger charge is -2.34. The molecule has 1 aliphatic rings. The molecule has 0 unspecified atom stereocenters. The monoisotopic (exact) mass is 497 g/mol. The summed E-state index contributed by atoms with van der Waals surface area (Å²) in [7, 11) is 0. The van der Waals surface area contributed by atoms with Gasteiger partial charge in [-0.25, -0.2) is 4.79 Å². The zero-order valence-corrected chi connectivity index (χ0v) is 17.5. The Morgan fingerprint density at radius 2 is 1.52 bits per heavy atom. The Labute approximate surface area is 187 Å². The number of nitrogens with zero attached hydrogens (tertiary/aromatic N) is 3. The predicted octanol–water partition coefficient (Wildman–Crippen LogP) is 3.48. The van der Waals surface area contributed by atoms with E-state index < -0.39 is 29.0 Å². The number of amides is 1. The molecule has 3 heterocycles.